The molecule has 0 bridgehead atoms. The molecule has 2 aliphatic rings. The van der Waals surface area contributed by atoms with Gasteiger partial charge in [-0.25, -0.2) is 0 Å². The van der Waals surface area contributed by atoms with Gasteiger partial charge in [0.05, 0.1) is 0 Å². The van der Waals surface area contributed by atoms with Gasteiger partial charge in [-0.1, -0.05) is 0 Å². The Hall–Kier alpha value is -1.00. The maximum Gasteiger partial charge on any atom is 0.287 e. The van der Waals surface area contributed by atoms with E-state index >= 15 is 0 Å². The molecule has 1 amide bonds. The summed E-state index contributed by atoms with van der Waals surface area (Å²) in [4.78, 5) is 11.7. The average molecular weight is 243 g/mol. The highest BCUT2D eigenvalue weighted by atomic mass is 35.5. The van der Waals surface area contributed by atoms with Crippen LogP contribution in [0.25, 0.3) is 0 Å². The van der Waals surface area contributed by atoms with E-state index in [-0.39, 0.29) is 18.3 Å². The zero-order valence-electron chi connectivity index (χ0n) is 9.03. The van der Waals surface area contributed by atoms with Crippen molar-refractivity contribution in [3.63, 3.8) is 0 Å². The molecule has 2 heterocycles. The summed E-state index contributed by atoms with van der Waals surface area (Å²) in [7, 11) is 0. The molecule has 16 heavy (non-hydrogen) atoms. The number of furan rings is 1. The Morgan fingerprint density at radius 3 is 2.69 bits per heavy atom. The lowest BCUT2D eigenvalue weighted by molar-refractivity contribution is 0.0917. The summed E-state index contributed by atoms with van der Waals surface area (Å²) < 4.78 is 5.27. The molecule has 3 rings (SSSR count). The van der Waals surface area contributed by atoms with E-state index in [1.54, 1.807) is 6.07 Å². The Kier molecular flexibility index (Phi) is 2.95. The molecule has 1 saturated carbocycles. The van der Waals surface area contributed by atoms with Gasteiger partial charge in [0.1, 0.15) is 5.76 Å². The first kappa shape index (κ1) is 11.5. The molecule has 1 aliphatic heterocycles. The predicted molar refractivity (Wildman–Crippen MR) is 61.8 cm³/mol. The fourth-order valence-corrected chi connectivity index (χ4v) is 2.41. The van der Waals surface area contributed by atoms with Crippen molar-refractivity contribution < 1.29 is 9.21 Å². The topological polar surface area (TPSA) is 54.3 Å². The standard InChI is InChI=1S/C11H14N2O2.ClH/c1-6-2-3-9(15-6)11(14)13-10-7-4-12-5-8(7)10;/h2-3,7-8,10,12H,4-5H2,1H3,(H,13,14);1H. The maximum absolute atomic E-state index is 11.7. The van der Waals surface area contributed by atoms with Crippen LogP contribution in [0.5, 0.6) is 0 Å². The zero-order chi connectivity index (χ0) is 10.4. The lowest BCUT2D eigenvalue weighted by Gasteiger charge is -2.05. The smallest absolute Gasteiger partial charge is 0.287 e. The van der Waals surface area contributed by atoms with Crippen molar-refractivity contribution in [2.75, 3.05) is 13.1 Å². The van der Waals surface area contributed by atoms with E-state index in [9.17, 15) is 4.79 Å². The van der Waals surface area contributed by atoms with Crippen LogP contribution in [0.3, 0.4) is 0 Å². The van der Waals surface area contributed by atoms with Crippen molar-refractivity contribution in [2.24, 2.45) is 11.8 Å². The van der Waals surface area contributed by atoms with Gasteiger partial charge < -0.3 is 15.1 Å². The molecule has 0 spiro atoms. The van der Waals surface area contributed by atoms with Crippen LogP contribution in [-0.2, 0) is 0 Å². The third kappa shape index (κ3) is 1.83. The van der Waals surface area contributed by atoms with Gasteiger partial charge in [-0.2, -0.15) is 0 Å². The molecular formula is C11H15ClN2O2. The number of amides is 1. The first-order valence-electron chi connectivity index (χ1n) is 5.34. The fourth-order valence-electron chi connectivity index (χ4n) is 2.41. The van der Waals surface area contributed by atoms with Crippen LogP contribution in [0.15, 0.2) is 16.5 Å². The number of hydrogen-bond acceptors (Lipinski definition) is 3. The van der Waals surface area contributed by atoms with E-state index in [2.05, 4.69) is 10.6 Å². The monoisotopic (exact) mass is 242 g/mol. The van der Waals surface area contributed by atoms with Crippen molar-refractivity contribution in [3.05, 3.63) is 23.7 Å². The van der Waals surface area contributed by atoms with Gasteiger partial charge in [0.15, 0.2) is 5.76 Å². The maximum atomic E-state index is 11.7. The number of aryl methyl sites for hydroxylation is 1. The molecule has 0 aromatic carbocycles. The number of halogens is 1. The minimum absolute atomic E-state index is 0. The first-order chi connectivity index (χ1) is 7.25. The first-order valence-corrected chi connectivity index (χ1v) is 5.34. The largest absolute Gasteiger partial charge is 0.456 e. The highest BCUT2D eigenvalue weighted by Gasteiger charge is 2.53. The third-order valence-electron chi connectivity index (χ3n) is 3.35. The predicted octanol–water partition coefficient (Wildman–Crippen LogP) is 0.957. The highest BCUT2D eigenvalue weighted by molar-refractivity contribution is 5.92. The number of carbonyl (C=O) groups excluding carboxylic acids is 1. The third-order valence-corrected chi connectivity index (χ3v) is 3.35. The molecule has 1 aliphatic carbocycles. The number of fused-ring (bicyclic) bond motifs is 1. The summed E-state index contributed by atoms with van der Waals surface area (Å²) in [6.45, 7) is 3.91. The van der Waals surface area contributed by atoms with Crippen LogP contribution in [0.4, 0.5) is 0 Å². The van der Waals surface area contributed by atoms with E-state index in [0.29, 0.717) is 23.6 Å². The van der Waals surface area contributed by atoms with Gasteiger partial charge in [-0.05, 0) is 30.9 Å². The molecule has 2 atom stereocenters. The summed E-state index contributed by atoms with van der Waals surface area (Å²) in [5.41, 5.74) is 0. The molecule has 1 aromatic rings. The van der Waals surface area contributed by atoms with Crippen LogP contribution in [0, 0.1) is 18.8 Å². The Labute approximate surface area is 100 Å². The van der Waals surface area contributed by atoms with Gasteiger partial charge in [-0.15, -0.1) is 12.4 Å². The lowest BCUT2D eigenvalue weighted by atomic mass is 10.3. The van der Waals surface area contributed by atoms with Gasteiger partial charge in [0, 0.05) is 19.1 Å². The van der Waals surface area contributed by atoms with Crippen LogP contribution in [0.2, 0.25) is 0 Å². The van der Waals surface area contributed by atoms with Gasteiger partial charge in [0.25, 0.3) is 5.91 Å². The van der Waals surface area contributed by atoms with Gasteiger partial charge in [0.2, 0.25) is 0 Å². The molecular weight excluding hydrogens is 228 g/mol. The van der Waals surface area contributed by atoms with Crippen LogP contribution < -0.4 is 10.6 Å². The van der Waals surface area contributed by atoms with Crippen molar-refractivity contribution in [1.29, 1.82) is 0 Å². The van der Waals surface area contributed by atoms with E-state index in [4.69, 9.17) is 4.42 Å². The van der Waals surface area contributed by atoms with Crippen LogP contribution in [-0.4, -0.2) is 25.0 Å². The fraction of sp³-hybridized carbons (Fsp3) is 0.545. The number of nitrogens with one attached hydrogen (secondary N) is 2. The van der Waals surface area contributed by atoms with E-state index in [1.807, 2.05) is 13.0 Å². The molecule has 1 aromatic heterocycles. The molecule has 88 valence electrons. The number of rotatable bonds is 2. The Morgan fingerprint density at radius 1 is 1.44 bits per heavy atom. The summed E-state index contributed by atoms with van der Waals surface area (Å²) in [6, 6.07) is 3.90. The number of hydrogen-bond donors (Lipinski definition) is 2. The molecule has 2 N–H and O–H groups in total. The van der Waals surface area contributed by atoms with Crippen molar-refractivity contribution in [3.8, 4) is 0 Å². The Bertz CT molecular complexity index is 394. The van der Waals surface area contributed by atoms with E-state index < -0.39 is 0 Å². The Balaban J connectivity index is 0.000000963. The summed E-state index contributed by atoms with van der Waals surface area (Å²) in [6.07, 6.45) is 0. The minimum Gasteiger partial charge on any atom is -0.456 e. The van der Waals surface area contributed by atoms with Crippen molar-refractivity contribution in [2.45, 2.75) is 13.0 Å². The normalized spacial score (nSPS) is 30.4. The summed E-state index contributed by atoms with van der Waals surface area (Å²) >= 11 is 0. The molecule has 2 unspecified atom stereocenters. The molecule has 4 nitrogen and oxygen atoms in total. The van der Waals surface area contributed by atoms with Gasteiger partial charge >= 0.3 is 0 Å². The second-order valence-corrected chi connectivity index (χ2v) is 4.40. The van der Waals surface area contributed by atoms with Crippen LogP contribution in [0.1, 0.15) is 16.3 Å². The summed E-state index contributed by atoms with van der Waals surface area (Å²) in [5, 5.41) is 6.31. The van der Waals surface area contributed by atoms with Crippen molar-refractivity contribution >= 4 is 18.3 Å². The zero-order valence-corrected chi connectivity index (χ0v) is 9.84. The number of piperidine rings is 1. The quantitative estimate of drug-likeness (QED) is 0.812. The molecule has 5 heteroatoms. The van der Waals surface area contributed by atoms with E-state index in [1.165, 1.54) is 0 Å². The number of carbonyl (C=O) groups is 1. The molecule has 0 radical (unpaired) electrons. The minimum atomic E-state index is -0.0810. The highest BCUT2D eigenvalue weighted by Crippen LogP contribution is 2.41. The van der Waals surface area contributed by atoms with Crippen LogP contribution >= 0.6 is 12.4 Å². The van der Waals surface area contributed by atoms with E-state index in [0.717, 1.165) is 18.8 Å². The second-order valence-electron chi connectivity index (χ2n) is 4.40. The Morgan fingerprint density at radius 2 is 2.12 bits per heavy atom. The van der Waals surface area contributed by atoms with Gasteiger partial charge in [-0.3, -0.25) is 4.79 Å². The second kappa shape index (κ2) is 4.11. The molecule has 2 fully saturated rings. The van der Waals surface area contributed by atoms with Crippen molar-refractivity contribution in [1.82, 2.24) is 10.6 Å². The summed E-state index contributed by atoms with van der Waals surface area (Å²) in [5.74, 6) is 2.40. The molecule has 1 saturated heterocycles. The average Bonchev–Trinajstić information content (AvgIpc) is 2.66. The SMILES string of the molecule is Cc1ccc(C(=O)NC2C3CNCC32)o1.Cl. The lowest BCUT2D eigenvalue weighted by Crippen LogP contribution is -2.32.